The number of halogens is 2. The standard InChI is InChI=1S/C24H25ClFNO3/c1-3-29-23-12-19(15-27-14-17-8-5-7-11-22(17)28-2)20(25)13-24(23)30-16-18-9-4-6-10-21(18)26/h4-13,27H,3,14-16H2,1-2H3. The number of ether oxygens (including phenoxy) is 3. The zero-order chi connectivity index (χ0) is 21.3. The molecule has 0 aliphatic heterocycles. The minimum Gasteiger partial charge on any atom is -0.496 e. The SMILES string of the molecule is CCOc1cc(CNCc2ccccc2OC)c(Cl)cc1OCc1ccccc1F. The summed E-state index contributed by atoms with van der Waals surface area (Å²) in [4.78, 5) is 0. The predicted molar refractivity (Wildman–Crippen MR) is 117 cm³/mol. The van der Waals surface area contributed by atoms with Crippen molar-refractivity contribution in [2.45, 2.75) is 26.6 Å². The van der Waals surface area contributed by atoms with E-state index in [-0.39, 0.29) is 12.4 Å². The van der Waals surface area contributed by atoms with E-state index in [4.69, 9.17) is 25.8 Å². The normalized spacial score (nSPS) is 10.7. The van der Waals surface area contributed by atoms with Crippen LogP contribution >= 0.6 is 11.6 Å². The summed E-state index contributed by atoms with van der Waals surface area (Å²) >= 11 is 6.48. The van der Waals surface area contributed by atoms with Gasteiger partial charge < -0.3 is 19.5 Å². The van der Waals surface area contributed by atoms with Gasteiger partial charge in [-0.15, -0.1) is 0 Å². The van der Waals surface area contributed by atoms with Crippen LogP contribution in [0.4, 0.5) is 4.39 Å². The molecule has 0 spiro atoms. The maximum Gasteiger partial charge on any atom is 0.163 e. The predicted octanol–water partition coefficient (Wildman–Crippen LogP) is 5.76. The highest BCUT2D eigenvalue weighted by atomic mass is 35.5. The molecule has 0 saturated carbocycles. The molecule has 0 heterocycles. The quantitative estimate of drug-likeness (QED) is 0.445. The number of para-hydroxylation sites is 1. The molecule has 0 fully saturated rings. The van der Waals surface area contributed by atoms with Gasteiger partial charge in [0.2, 0.25) is 0 Å². The molecule has 3 aromatic carbocycles. The fraction of sp³-hybridized carbons (Fsp3) is 0.250. The summed E-state index contributed by atoms with van der Waals surface area (Å²) in [5.74, 6) is 1.59. The highest BCUT2D eigenvalue weighted by molar-refractivity contribution is 6.31. The molecule has 0 atom stereocenters. The lowest BCUT2D eigenvalue weighted by atomic mass is 10.1. The van der Waals surface area contributed by atoms with Crippen LogP contribution < -0.4 is 19.5 Å². The van der Waals surface area contributed by atoms with Gasteiger partial charge in [0.1, 0.15) is 18.2 Å². The first kappa shape index (κ1) is 21.9. The van der Waals surface area contributed by atoms with Crippen LogP contribution in [-0.4, -0.2) is 13.7 Å². The van der Waals surface area contributed by atoms with Crippen molar-refractivity contribution in [3.63, 3.8) is 0 Å². The highest BCUT2D eigenvalue weighted by Gasteiger charge is 2.13. The van der Waals surface area contributed by atoms with Gasteiger partial charge in [-0.05, 0) is 30.7 Å². The van der Waals surface area contributed by atoms with E-state index in [9.17, 15) is 4.39 Å². The molecule has 0 radical (unpaired) electrons. The van der Waals surface area contributed by atoms with Crippen molar-refractivity contribution in [1.29, 1.82) is 0 Å². The number of methoxy groups -OCH3 is 1. The summed E-state index contributed by atoms with van der Waals surface area (Å²) in [5, 5.41) is 3.93. The second-order valence-electron chi connectivity index (χ2n) is 6.62. The van der Waals surface area contributed by atoms with Crippen molar-refractivity contribution in [3.8, 4) is 17.2 Å². The van der Waals surface area contributed by atoms with Crippen LogP contribution in [0.1, 0.15) is 23.6 Å². The lowest BCUT2D eigenvalue weighted by Gasteiger charge is -2.16. The molecule has 6 heteroatoms. The van der Waals surface area contributed by atoms with Crippen molar-refractivity contribution in [1.82, 2.24) is 5.32 Å². The van der Waals surface area contributed by atoms with Crippen LogP contribution in [0.15, 0.2) is 60.7 Å². The lowest BCUT2D eigenvalue weighted by molar-refractivity contribution is 0.265. The fourth-order valence-electron chi connectivity index (χ4n) is 3.05. The molecule has 0 saturated heterocycles. The Morgan fingerprint density at radius 1 is 0.833 bits per heavy atom. The van der Waals surface area contributed by atoms with Gasteiger partial charge in [0.25, 0.3) is 0 Å². The van der Waals surface area contributed by atoms with Crippen LogP contribution in [0.5, 0.6) is 17.2 Å². The average Bonchev–Trinajstić information content (AvgIpc) is 2.76. The first-order chi connectivity index (χ1) is 14.6. The Morgan fingerprint density at radius 2 is 1.50 bits per heavy atom. The zero-order valence-electron chi connectivity index (χ0n) is 17.1. The molecule has 0 aromatic heterocycles. The summed E-state index contributed by atoms with van der Waals surface area (Å²) in [6, 6.07) is 17.9. The molecule has 3 rings (SSSR count). The monoisotopic (exact) mass is 429 g/mol. The average molecular weight is 430 g/mol. The fourth-order valence-corrected chi connectivity index (χ4v) is 3.27. The molecule has 0 amide bonds. The minimum atomic E-state index is -0.307. The second kappa shape index (κ2) is 10.9. The van der Waals surface area contributed by atoms with E-state index in [0.717, 1.165) is 16.9 Å². The van der Waals surface area contributed by atoms with Crippen LogP contribution in [0, 0.1) is 5.82 Å². The summed E-state index contributed by atoms with van der Waals surface area (Å²) in [6.07, 6.45) is 0. The van der Waals surface area contributed by atoms with E-state index in [0.29, 0.717) is 41.8 Å². The second-order valence-corrected chi connectivity index (χ2v) is 7.03. The molecule has 0 aliphatic rings. The van der Waals surface area contributed by atoms with Gasteiger partial charge in [-0.2, -0.15) is 0 Å². The Morgan fingerprint density at radius 3 is 2.23 bits per heavy atom. The molecule has 30 heavy (non-hydrogen) atoms. The van der Waals surface area contributed by atoms with Crippen LogP contribution in [0.3, 0.4) is 0 Å². The number of hydrogen-bond acceptors (Lipinski definition) is 4. The zero-order valence-corrected chi connectivity index (χ0v) is 17.8. The molecule has 158 valence electrons. The molecular formula is C24H25ClFNO3. The van der Waals surface area contributed by atoms with Gasteiger partial charge in [-0.25, -0.2) is 4.39 Å². The summed E-state index contributed by atoms with van der Waals surface area (Å²) < 4.78 is 30.8. The van der Waals surface area contributed by atoms with E-state index < -0.39 is 0 Å². The van der Waals surface area contributed by atoms with Crippen LogP contribution in [-0.2, 0) is 19.7 Å². The first-order valence-corrected chi connectivity index (χ1v) is 10.1. The van der Waals surface area contributed by atoms with Gasteiger partial charge in [0, 0.05) is 35.3 Å². The van der Waals surface area contributed by atoms with Crippen molar-refractivity contribution in [2.75, 3.05) is 13.7 Å². The van der Waals surface area contributed by atoms with Gasteiger partial charge >= 0.3 is 0 Å². The highest BCUT2D eigenvalue weighted by Crippen LogP contribution is 2.34. The van der Waals surface area contributed by atoms with Crippen LogP contribution in [0.25, 0.3) is 0 Å². The van der Waals surface area contributed by atoms with Crippen LogP contribution in [0.2, 0.25) is 5.02 Å². The number of benzene rings is 3. The number of rotatable bonds is 10. The maximum atomic E-state index is 13.9. The summed E-state index contributed by atoms with van der Waals surface area (Å²) in [6.45, 7) is 3.65. The van der Waals surface area contributed by atoms with Crippen molar-refractivity contribution >= 4 is 11.6 Å². The lowest BCUT2D eigenvalue weighted by Crippen LogP contribution is -2.14. The molecule has 0 bridgehead atoms. The van der Waals surface area contributed by atoms with Gasteiger partial charge in [0.15, 0.2) is 11.5 Å². The largest absolute Gasteiger partial charge is 0.496 e. The third-order valence-corrected chi connectivity index (χ3v) is 4.93. The molecule has 3 aromatic rings. The van der Waals surface area contributed by atoms with Crippen molar-refractivity contribution in [3.05, 3.63) is 88.2 Å². The van der Waals surface area contributed by atoms with Crippen molar-refractivity contribution in [2.24, 2.45) is 0 Å². The summed E-state index contributed by atoms with van der Waals surface area (Å²) in [5.41, 5.74) is 2.41. The Labute approximate surface area is 181 Å². The van der Waals surface area contributed by atoms with E-state index in [1.165, 1.54) is 6.07 Å². The van der Waals surface area contributed by atoms with E-state index >= 15 is 0 Å². The summed E-state index contributed by atoms with van der Waals surface area (Å²) in [7, 11) is 1.66. The van der Waals surface area contributed by atoms with E-state index in [2.05, 4.69) is 5.32 Å². The Balaban J connectivity index is 1.70. The molecule has 1 N–H and O–H groups in total. The van der Waals surface area contributed by atoms with Crippen molar-refractivity contribution < 1.29 is 18.6 Å². The third-order valence-electron chi connectivity index (χ3n) is 4.58. The van der Waals surface area contributed by atoms with Gasteiger partial charge in [0.05, 0.1) is 13.7 Å². The molecule has 0 unspecified atom stereocenters. The molecule has 4 nitrogen and oxygen atoms in total. The Bertz CT molecular complexity index is 980. The molecule has 0 aliphatic carbocycles. The van der Waals surface area contributed by atoms with E-state index in [1.807, 2.05) is 37.3 Å². The van der Waals surface area contributed by atoms with Gasteiger partial charge in [-0.3, -0.25) is 0 Å². The van der Waals surface area contributed by atoms with Gasteiger partial charge in [-0.1, -0.05) is 48.0 Å². The first-order valence-electron chi connectivity index (χ1n) is 9.76. The Hall–Kier alpha value is -2.76. The number of nitrogens with one attached hydrogen (secondary N) is 1. The third kappa shape index (κ3) is 5.65. The maximum absolute atomic E-state index is 13.9. The Kier molecular flexibility index (Phi) is 7.94. The van der Waals surface area contributed by atoms with E-state index in [1.54, 1.807) is 31.4 Å². The topological polar surface area (TPSA) is 39.7 Å². The molecular weight excluding hydrogens is 405 g/mol. The minimum absolute atomic E-state index is 0.0917. The smallest absolute Gasteiger partial charge is 0.163 e. The number of hydrogen-bond donors (Lipinski definition) is 1.